The largest absolute Gasteiger partial charge is 0.396 e. The van der Waals surface area contributed by atoms with Crippen LogP contribution in [-0.2, 0) is 0 Å². The smallest absolute Gasteiger partial charge is 0.0590 e. The van der Waals surface area contributed by atoms with Crippen LogP contribution in [0.2, 0.25) is 0 Å². The number of piperidine rings is 1. The highest BCUT2D eigenvalue weighted by Gasteiger charge is 2.30. The van der Waals surface area contributed by atoms with Crippen molar-refractivity contribution in [3.8, 4) is 0 Å². The lowest BCUT2D eigenvalue weighted by molar-refractivity contribution is 0.00533. The van der Waals surface area contributed by atoms with Crippen LogP contribution in [0.15, 0.2) is 0 Å². The van der Waals surface area contributed by atoms with Crippen molar-refractivity contribution >= 4 is 0 Å². The lowest BCUT2D eigenvalue weighted by Gasteiger charge is -2.39. The van der Waals surface area contributed by atoms with E-state index in [1.807, 2.05) is 0 Å². The molecule has 3 unspecified atom stereocenters. The van der Waals surface area contributed by atoms with Gasteiger partial charge in [-0.05, 0) is 18.8 Å². The zero-order valence-corrected chi connectivity index (χ0v) is 10.9. The van der Waals surface area contributed by atoms with E-state index in [2.05, 4.69) is 25.7 Å². The summed E-state index contributed by atoms with van der Waals surface area (Å²) in [5, 5.41) is 19.2. The minimum absolute atomic E-state index is 0.0246. The predicted octanol–water partition coefficient (Wildman–Crippen LogP) is 1.49. The third-order valence-electron chi connectivity index (χ3n) is 3.78. The number of likely N-dealkylation sites (tertiary alicyclic amines) is 1. The Hall–Kier alpha value is -0.120. The van der Waals surface area contributed by atoms with E-state index in [0.717, 1.165) is 38.9 Å². The number of nitrogens with zero attached hydrogens (tertiary/aromatic N) is 1. The molecule has 0 amide bonds. The first-order chi connectivity index (χ1) is 7.50. The van der Waals surface area contributed by atoms with Crippen molar-refractivity contribution in [1.82, 2.24) is 4.90 Å². The summed E-state index contributed by atoms with van der Waals surface area (Å²) in [6.07, 6.45) is 2.91. The average molecular weight is 229 g/mol. The molecule has 0 spiro atoms. The number of hydrogen-bond acceptors (Lipinski definition) is 3. The zero-order chi connectivity index (χ0) is 12.2. The molecule has 3 nitrogen and oxygen atoms in total. The van der Waals surface area contributed by atoms with E-state index < -0.39 is 0 Å². The summed E-state index contributed by atoms with van der Waals surface area (Å²) in [7, 11) is 0. The van der Waals surface area contributed by atoms with Gasteiger partial charge in [-0.1, -0.05) is 27.2 Å². The predicted molar refractivity (Wildman–Crippen MR) is 66.3 cm³/mol. The van der Waals surface area contributed by atoms with E-state index >= 15 is 0 Å². The van der Waals surface area contributed by atoms with Gasteiger partial charge in [0, 0.05) is 31.7 Å². The quantitative estimate of drug-likeness (QED) is 0.750. The fraction of sp³-hybridized carbons (Fsp3) is 1.00. The standard InChI is InChI=1S/C13H27NO2/c1-4-6-13(3,10-15)9-14-7-5-12(16)11(2)8-14/h11-12,15-16H,4-10H2,1-3H3. The van der Waals surface area contributed by atoms with E-state index in [9.17, 15) is 10.2 Å². The number of rotatable bonds is 5. The topological polar surface area (TPSA) is 43.7 Å². The van der Waals surface area contributed by atoms with Crippen LogP contribution in [-0.4, -0.2) is 47.5 Å². The van der Waals surface area contributed by atoms with E-state index in [1.54, 1.807) is 0 Å². The van der Waals surface area contributed by atoms with Crippen LogP contribution in [0.4, 0.5) is 0 Å². The lowest BCUT2D eigenvalue weighted by Crippen LogP contribution is -2.47. The van der Waals surface area contributed by atoms with Crippen LogP contribution < -0.4 is 0 Å². The summed E-state index contributed by atoms with van der Waals surface area (Å²) in [5.74, 6) is 0.360. The fourth-order valence-electron chi connectivity index (χ4n) is 2.71. The molecule has 96 valence electrons. The molecule has 0 bridgehead atoms. The summed E-state index contributed by atoms with van der Waals surface area (Å²) >= 11 is 0. The molecule has 0 aliphatic carbocycles. The van der Waals surface area contributed by atoms with Gasteiger partial charge in [-0.25, -0.2) is 0 Å². The Morgan fingerprint density at radius 1 is 1.44 bits per heavy atom. The normalized spacial score (nSPS) is 31.3. The second kappa shape index (κ2) is 5.99. The third-order valence-corrected chi connectivity index (χ3v) is 3.78. The Morgan fingerprint density at radius 3 is 2.62 bits per heavy atom. The summed E-state index contributed by atoms with van der Waals surface area (Å²) in [6, 6.07) is 0. The molecule has 3 heteroatoms. The van der Waals surface area contributed by atoms with Gasteiger partial charge >= 0.3 is 0 Å². The van der Waals surface area contributed by atoms with Gasteiger partial charge in [0.2, 0.25) is 0 Å². The highest BCUT2D eigenvalue weighted by molar-refractivity contribution is 4.83. The molecule has 0 radical (unpaired) electrons. The van der Waals surface area contributed by atoms with Gasteiger partial charge in [0.1, 0.15) is 0 Å². The molecule has 1 aliphatic rings. The van der Waals surface area contributed by atoms with Gasteiger partial charge in [-0.3, -0.25) is 0 Å². The molecule has 1 heterocycles. The van der Waals surface area contributed by atoms with Crippen molar-refractivity contribution in [3.05, 3.63) is 0 Å². The van der Waals surface area contributed by atoms with Crippen molar-refractivity contribution in [1.29, 1.82) is 0 Å². The molecule has 0 aromatic heterocycles. The van der Waals surface area contributed by atoms with Crippen LogP contribution >= 0.6 is 0 Å². The maximum absolute atomic E-state index is 9.68. The van der Waals surface area contributed by atoms with Gasteiger partial charge in [0.15, 0.2) is 0 Å². The van der Waals surface area contributed by atoms with Crippen molar-refractivity contribution in [2.75, 3.05) is 26.2 Å². The lowest BCUT2D eigenvalue weighted by atomic mass is 9.84. The zero-order valence-electron chi connectivity index (χ0n) is 10.9. The third kappa shape index (κ3) is 3.72. The molecule has 2 N–H and O–H groups in total. The van der Waals surface area contributed by atoms with E-state index in [1.165, 1.54) is 0 Å². The highest BCUT2D eigenvalue weighted by atomic mass is 16.3. The summed E-state index contributed by atoms with van der Waals surface area (Å²) < 4.78 is 0. The van der Waals surface area contributed by atoms with Crippen molar-refractivity contribution in [3.63, 3.8) is 0 Å². The van der Waals surface area contributed by atoms with E-state index in [0.29, 0.717) is 5.92 Å². The van der Waals surface area contributed by atoms with Gasteiger partial charge in [0.25, 0.3) is 0 Å². The van der Waals surface area contributed by atoms with Crippen molar-refractivity contribution in [2.45, 2.75) is 46.1 Å². The van der Waals surface area contributed by atoms with Gasteiger partial charge in [0.05, 0.1) is 6.10 Å². The molecule has 3 atom stereocenters. The van der Waals surface area contributed by atoms with Gasteiger partial charge < -0.3 is 15.1 Å². The number of aliphatic hydroxyl groups is 2. The minimum Gasteiger partial charge on any atom is -0.396 e. The van der Waals surface area contributed by atoms with E-state index in [-0.39, 0.29) is 18.1 Å². The SMILES string of the molecule is CCCC(C)(CO)CN1CCC(O)C(C)C1. The van der Waals surface area contributed by atoms with Crippen LogP contribution in [0, 0.1) is 11.3 Å². The summed E-state index contributed by atoms with van der Waals surface area (Å²) in [4.78, 5) is 2.39. The van der Waals surface area contributed by atoms with Crippen LogP contribution in [0.1, 0.15) is 40.0 Å². The Bertz CT molecular complexity index is 210. The summed E-state index contributed by atoms with van der Waals surface area (Å²) in [6.45, 7) is 9.56. The monoisotopic (exact) mass is 229 g/mol. The molecular formula is C13H27NO2. The molecule has 1 saturated heterocycles. The van der Waals surface area contributed by atoms with Crippen LogP contribution in [0.5, 0.6) is 0 Å². The number of hydrogen-bond donors (Lipinski definition) is 2. The summed E-state index contributed by atoms with van der Waals surface area (Å²) in [5.41, 5.74) is 0.0246. The van der Waals surface area contributed by atoms with Crippen molar-refractivity contribution < 1.29 is 10.2 Å². The molecule has 0 saturated carbocycles. The van der Waals surface area contributed by atoms with Crippen LogP contribution in [0.3, 0.4) is 0 Å². The first-order valence-corrected chi connectivity index (χ1v) is 6.52. The average Bonchev–Trinajstić information content (AvgIpc) is 2.24. The Labute approximate surface area is 99.5 Å². The van der Waals surface area contributed by atoms with Crippen LogP contribution in [0.25, 0.3) is 0 Å². The maximum atomic E-state index is 9.68. The second-order valence-corrected chi connectivity index (χ2v) is 5.79. The van der Waals surface area contributed by atoms with Gasteiger partial charge in [-0.2, -0.15) is 0 Å². The molecular weight excluding hydrogens is 202 g/mol. The Kier molecular flexibility index (Phi) is 5.22. The second-order valence-electron chi connectivity index (χ2n) is 5.79. The van der Waals surface area contributed by atoms with Gasteiger partial charge in [-0.15, -0.1) is 0 Å². The Morgan fingerprint density at radius 2 is 2.12 bits per heavy atom. The molecule has 1 aliphatic heterocycles. The molecule has 0 aromatic rings. The Balaban J connectivity index is 2.46. The first-order valence-electron chi connectivity index (χ1n) is 6.52. The molecule has 1 fully saturated rings. The molecule has 0 aromatic carbocycles. The van der Waals surface area contributed by atoms with Crippen molar-refractivity contribution in [2.24, 2.45) is 11.3 Å². The number of aliphatic hydroxyl groups excluding tert-OH is 2. The highest BCUT2D eigenvalue weighted by Crippen LogP contribution is 2.26. The molecule has 1 rings (SSSR count). The molecule has 16 heavy (non-hydrogen) atoms. The van der Waals surface area contributed by atoms with E-state index in [4.69, 9.17) is 0 Å². The minimum atomic E-state index is -0.136. The fourth-order valence-corrected chi connectivity index (χ4v) is 2.71. The maximum Gasteiger partial charge on any atom is 0.0590 e. The first kappa shape index (κ1) is 13.9.